The third kappa shape index (κ3) is 3.10. The van der Waals surface area contributed by atoms with Gasteiger partial charge in [-0.3, -0.25) is 4.79 Å². The quantitative estimate of drug-likeness (QED) is 0.906. The predicted octanol–water partition coefficient (Wildman–Crippen LogP) is 2.69. The highest BCUT2D eigenvalue weighted by Gasteiger charge is 2.40. The van der Waals surface area contributed by atoms with Crippen LogP contribution in [-0.4, -0.2) is 23.4 Å². The van der Waals surface area contributed by atoms with Crippen LogP contribution in [0.15, 0.2) is 24.3 Å². The van der Waals surface area contributed by atoms with Gasteiger partial charge >= 0.3 is 0 Å². The first-order valence-electron chi connectivity index (χ1n) is 7.94. The molecule has 0 unspecified atom stereocenters. The van der Waals surface area contributed by atoms with E-state index in [-0.39, 0.29) is 17.6 Å². The molecule has 0 spiro atoms. The molecule has 1 amide bonds. The smallest absolute Gasteiger partial charge is 0.226 e. The molecule has 2 aliphatic carbocycles. The van der Waals surface area contributed by atoms with Gasteiger partial charge in [0.05, 0.1) is 0 Å². The molecule has 2 aliphatic rings. The van der Waals surface area contributed by atoms with Crippen molar-refractivity contribution in [1.82, 2.24) is 4.90 Å². The van der Waals surface area contributed by atoms with Gasteiger partial charge in [-0.1, -0.05) is 24.6 Å². The van der Waals surface area contributed by atoms with Gasteiger partial charge in [0, 0.05) is 24.1 Å². The molecule has 114 valence electrons. The molecule has 0 bridgehead atoms. The topological polar surface area (TPSA) is 46.3 Å². The van der Waals surface area contributed by atoms with Crippen molar-refractivity contribution in [1.29, 1.82) is 0 Å². The van der Waals surface area contributed by atoms with Crippen LogP contribution in [0.1, 0.15) is 37.7 Å². The molecule has 0 aromatic heterocycles. The summed E-state index contributed by atoms with van der Waals surface area (Å²) in [7, 11) is 0. The Labute approximate surface area is 125 Å². The second-order valence-corrected chi connectivity index (χ2v) is 6.32. The molecule has 3 nitrogen and oxygen atoms in total. The molecule has 3 rings (SSSR count). The SMILES string of the molecule is NC[C@H]1CCC[C@H]1C(=O)N(Cc1ccccc1F)C1CC1. The van der Waals surface area contributed by atoms with E-state index < -0.39 is 0 Å². The number of carbonyl (C=O) groups excluding carboxylic acids is 1. The first-order valence-corrected chi connectivity index (χ1v) is 7.94. The lowest BCUT2D eigenvalue weighted by Gasteiger charge is -2.28. The van der Waals surface area contributed by atoms with Gasteiger partial charge in [-0.25, -0.2) is 4.39 Å². The van der Waals surface area contributed by atoms with Crippen LogP contribution in [0.5, 0.6) is 0 Å². The van der Waals surface area contributed by atoms with E-state index in [0.29, 0.717) is 30.6 Å². The van der Waals surface area contributed by atoms with E-state index >= 15 is 0 Å². The lowest BCUT2D eigenvalue weighted by Crippen LogP contribution is -2.40. The van der Waals surface area contributed by atoms with Crippen molar-refractivity contribution in [2.45, 2.75) is 44.7 Å². The normalized spacial score (nSPS) is 25.0. The van der Waals surface area contributed by atoms with Crippen molar-refractivity contribution >= 4 is 5.91 Å². The van der Waals surface area contributed by atoms with Gasteiger partial charge in [0.15, 0.2) is 0 Å². The Morgan fingerprint density at radius 2 is 2.00 bits per heavy atom. The Morgan fingerprint density at radius 3 is 2.67 bits per heavy atom. The number of hydrogen-bond acceptors (Lipinski definition) is 2. The lowest BCUT2D eigenvalue weighted by molar-refractivity contribution is -0.137. The third-order valence-electron chi connectivity index (χ3n) is 4.85. The van der Waals surface area contributed by atoms with E-state index in [1.54, 1.807) is 12.1 Å². The predicted molar refractivity (Wildman–Crippen MR) is 79.9 cm³/mol. The van der Waals surface area contributed by atoms with E-state index in [4.69, 9.17) is 5.73 Å². The van der Waals surface area contributed by atoms with Crippen molar-refractivity contribution in [3.8, 4) is 0 Å². The summed E-state index contributed by atoms with van der Waals surface area (Å²) in [5.74, 6) is 0.313. The first kappa shape index (κ1) is 14.5. The fourth-order valence-corrected chi connectivity index (χ4v) is 3.44. The molecule has 0 radical (unpaired) electrons. The van der Waals surface area contributed by atoms with E-state index in [9.17, 15) is 9.18 Å². The largest absolute Gasteiger partial charge is 0.335 e. The number of amides is 1. The molecule has 0 heterocycles. The van der Waals surface area contributed by atoms with E-state index in [1.807, 2.05) is 11.0 Å². The number of nitrogens with zero attached hydrogens (tertiary/aromatic N) is 1. The summed E-state index contributed by atoms with van der Waals surface area (Å²) in [6.45, 7) is 0.971. The summed E-state index contributed by atoms with van der Waals surface area (Å²) in [5, 5.41) is 0. The van der Waals surface area contributed by atoms with Crippen LogP contribution in [0.4, 0.5) is 4.39 Å². The average molecular weight is 290 g/mol. The maximum Gasteiger partial charge on any atom is 0.226 e. The van der Waals surface area contributed by atoms with Gasteiger partial charge in [-0.05, 0) is 44.2 Å². The summed E-state index contributed by atoms with van der Waals surface area (Å²) in [4.78, 5) is 14.8. The Morgan fingerprint density at radius 1 is 1.24 bits per heavy atom. The monoisotopic (exact) mass is 290 g/mol. The van der Waals surface area contributed by atoms with Gasteiger partial charge in [0.25, 0.3) is 0 Å². The number of rotatable bonds is 5. The molecule has 0 aliphatic heterocycles. The number of hydrogen-bond donors (Lipinski definition) is 1. The maximum atomic E-state index is 13.9. The van der Waals surface area contributed by atoms with Crippen molar-refractivity contribution in [2.75, 3.05) is 6.54 Å². The molecule has 4 heteroatoms. The van der Waals surface area contributed by atoms with Crippen LogP contribution < -0.4 is 5.73 Å². The Balaban J connectivity index is 1.75. The van der Waals surface area contributed by atoms with Crippen molar-refractivity contribution in [3.05, 3.63) is 35.6 Å². The lowest BCUT2D eigenvalue weighted by atomic mass is 9.94. The van der Waals surface area contributed by atoms with Crippen molar-refractivity contribution in [2.24, 2.45) is 17.6 Å². The van der Waals surface area contributed by atoms with Gasteiger partial charge in [0.1, 0.15) is 5.82 Å². The number of halogens is 1. The summed E-state index contributed by atoms with van der Waals surface area (Å²) >= 11 is 0. The molecular formula is C17H23FN2O. The van der Waals surface area contributed by atoms with Crippen molar-refractivity contribution < 1.29 is 9.18 Å². The molecule has 1 aromatic carbocycles. The molecule has 0 saturated heterocycles. The zero-order chi connectivity index (χ0) is 14.8. The minimum absolute atomic E-state index is 0.0439. The van der Waals surface area contributed by atoms with Gasteiger partial charge in [0.2, 0.25) is 5.91 Å². The number of nitrogens with two attached hydrogens (primary N) is 1. The highest BCUT2D eigenvalue weighted by Crippen LogP contribution is 2.36. The molecular weight excluding hydrogens is 267 g/mol. The minimum atomic E-state index is -0.224. The number of carbonyl (C=O) groups is 1. The molecule has 1 aromatic rings. The summed E-state index contributed by atoms with van der Waals surface area (Å²) < 4.78 is 13.9. The van der Waals surface area contributed by atoms with Crippen LogP contribution in [0.2, 0.25) is 0 Å². The highest BCUT2D eigenvalue weighted by molar-refractivity contribution is 5.80. The summed E-state index contributed by atoms with van der Waals surface area (Å²) in [6, 6.07) is 7.04. The Kier molecular flexibility index (Phi) is 4.24. The Bertz CT molecular complexity index is 515. The van der Waals surface area contributed by atoms with Crippen LogP contribution in [0.3, 0.4) is 0 Å². The molecule has 21 heavy (non-hydrogen) atoms. The van der Waals surface area contributed by atoms with Crippen LogP contribution >= 0.6 is 0 Å². The molecule has 2 N–H and O–H groups in total. The van der Waals surface area contributed by atoms with Crippen molar-refractivity contribution in [3.63, 3.8) is 0 Å². The highest BCUT2D eigenvalue weighted by atomic mass is 19.1. The second-order valence-electron chi connectivity index (χ2n) is 6.32. The van der Waals surface area contributed by atoms with E-state index in [0.717, 1.165) is 32.1 Å². The fourth-order valence-electron chi connectivity index (χ4n) is 3.44. The standard InChI is InChI=1S/C17H23FN2O/c18-16-7-2-1-4-13(16)11-20(14-8-9-14)17(21)15-6-3-5-12(15)10-19/h1-2,4,7,12,14-15H,3,5-6,8-11,19H2/t12-,15-/m1/s1. The number of benzene rings is 1. The molecule has 2 atom stereocenters. The van der Waals surface area contributed by atoms with Gasteiger partial charge in [-0.15, -0.1) is 0 Å². The summed E-state index contributed by atoms with van der Waals surface area (Å²) in [6.07, 6.45) is 5.14. The molecule has 2 saturated carbocycles. The van der Waals surface area contributed by atoms with Crippen LogP contribution in [0, 0.1) is 17.7 Å². The fraction of sp³-hybridized carbons (Fsp3) is 0.588. The Hall–Kier alpha value is -1.42. The molecule has 2 fully saturated rings. The third-order valence-corrected chi connectivity index (χ3v) is 4.85. The minimum Gasteiger partial charge on any atom is -0.335 e. The summed E-state index contributed by atoms with van der Waals surface area (Å²) in [5.41, 5.74) is 6.41. The maximum absolute atomic E-state index is 13.9. The van der Waals surface area contributed by atoms with Crippen LogP contribution in [0.25, 0.3) is 0 Å². The van der Waals surface area contributed by atoms with Gasteiger partial charge < -0.3 is 10.6 Å². The second kappa shape index (κ2) is 6.14. The van der Waals surface area contributed by atoms with E-state index in [1.165, 1.54) is 6.07 Å². The van der Waals surface area contributed by atoms with Crippen LogP contribution in [-0.2, 0) is 11.3 Å². The zero-order valence-electron chi connectivity index (χ0n) is 12.3. The average Bonchev–Trinajstić information content (AvgIpc) is 3.22. The van der Waals surface area contributed by atoms with Gasteiger partial charge in [-0.2, -0.15) is 0 Å². The zero-order valence-corrected chi connectivity index (χ0v) is 12.3. The van der Waals surface area contributed by atoms with E-state index in [2.05, 4.69) is 0 Å². The first-order chi connectivity index (χ1) is 10.2.